The maximum atomic E-state index is 2.69. The Kier molecular flexibility index (Phi) is 6.45. The van der Waals surface area contributed by atoms with Crippen molar-refractivity contribution in [1.82, 2.24) is 0 Å². The highest BCUT2D eigenvalue weighted by molar-refractivity contribution is 7.99. The summed E-state index contributed by atoms with van der Waals surface area (Å²) in [5.41, 5.74) is 20.1. The van der Waals surface area contributed by atoms with Gasteiger partial charge in [0.05, 0.1) is 23.1 Å². The summed E-state index contributed by atoms with van der Waals surface area (Å²) in [7, 11) is 0. The minimum atomic E-state index is -0.101. The van der Waals surface area contributed by atoms with Crippen molar-refractivity contribution in [3.63, 3.8) is 0 Å². The predicted molar refractivity (Wildman–Crippen MR) is 223 cm³/mol. The molecule has 0 saturated carbocycles. The van der Waals surface area contributed by atoms with E-state index in [9.17, 15) is 0 Å². The minimum absolute atomic E-state index is 0.0482. The van der Waals surface area contributed by atoms with Crippen LogP contribution >= 0.6 is 11.8 Å². The molecule has 5 aliphatic rings. The van der Waals surface area contributed by atoms with Crippen LogP contribution in [0.5, 0.6) is 0 Å². The molecule has 0 N–H and O–H groups in total. The Balaban J connectivity index is 1.00. The second-order valence-electron chi connectivity index (χ2n) is 16.1. The van der Waals surface area contributed by atoms with Crippen molar-refractivity contribution in [3.8, 4) is 11.1 Å². The van der Waals surface area contributed by atoms with Gasteiger partial charge in [-0.1, -0.05) is 137 Å². The van der Waals surface area contributed by atoms with Crippen molar-refractivity contribution >= 4 is 45.8 Å². The zero-order valence-electron chi connectivity index (χ0n) is 30.5. The first-order chi connectivity index (χ1) is 25.8. The van der Waals surface area contributed by atoms with E-state index in [1.807, 2.05) is 11.8 Å². The molecule has 3 heteroatoms. The van der Waals surface area contributed by atoms with E-state index >= 15 is 0 Å². The van der Waals surface area contributed by atoms with Crippen LogP contribution in [0.4, 0.5) is 22.7 Å². The van der Waals surface area contributed by atoms with E-state index < -0.39 is 0 Å². The van der Waals surface area contributed by atoms with Crippen molar-refractivity contribution in [2.45, 2.75) is 60.8 Å². The lowest BCUT2D eigenvalue weighted by molar-refractivity contribution is 0.633. The van der Waals surface area contributed by atoms with Crippen LogP contribution in [0, 0.1) is 0 Å². The van der Waals surface area contributed by atoms with Gasteiger partial charge in [-0.15, -0.1) is 0 Å². The van der Waals surface area contributed by atoms with Gasteiger partial charge in [-0.05, 0) is 111 Å². The zero-order valence-corrected chi connectivity index (χ0v) is 31.3. The fourth-order valence-electron chi connectivity index (χ4n) is 10.0. The van der Waals surface area contributed by atoms with Crippen LogP contribution in [0.25, 0.3) is 22.4 Å². The summed E-state index contributed by atoms with van der Waals surface area (Å²) in [5, 5.41) is 0. The molecular formula is C50H40N2S. The van der Waals surface area contributed by atoms with E-state index in [1.54, 1.807) is 0 Å². The van der Waals surface area contributed by atoms with Gasteiger partial charge in [0.1, 0.15) is 0 Å². The molecule has 3 aliphatic carbocycles. The van der Waals surface area contributed by atoms with E-state index in [2.05, 4.69) is 189 Å². The second kappa shape index (κ2) is 11.0. The molecule has 0 radical (unpaired) electrons. The summed E-state index contributed by atoms with van der Waals surface area (Å²) >= 11 is 1.85. The number of allylic oxidation sites excluding steroid dienone is 2. The van der Waals surface area contributed by atoms with Crippen LogP contribution in [-0.4, -0.2) is 6.04 Å². The van der Waals surface area contributed by atoms with E-state index in [-0.39, 0.29) is 16.9 Å². The smallest absolute Gasteiger partial charge is 0.0630 e. The summed E-state index contributed by atoms with van der Waals surface area (Å²) in [4.78, 5) is 7.67. The molecule has 0 bridgehead atoms. The van der Waals surface area contributed by atoms with Crippen molar-refractivity contribution in [1.29, 1.82) is 0 Å². The number of fused-ring (bicyclic) bond motifs is 9. The van der Waals surface area contributed by atoms with Gasteiger partial charge in [0.2, 0.25) is 0 Å². The van der Waals surface area contributed by atoms with E-state index in [4.69, 9.17) is 0 Å². The summed E-state index contributed by atoms with van der Waals surface area (Å²) in [6.45, 7) is 9.63. The molecular weight excluding hydrogens is 661 g/mol. The lowest BCUT2D eigenvalue weighted by Crippen LogP contribution is -2.33. The third kappa shape index (κ3) is 4.29. The number of para-hydroxylation sites is 2. The predicted octanol–water partition coefficient (Wildman–Crippen LogP) is 13.2. The van der Waals surface area contributed by atoms with Gasteiger partial charge in [0, 0.05) is 37.6 Å². The van der Waals surface area contributed by atoms with E-state index in [0.29, 0.717) is 0 Å². The molecule has 0 spiro atoms. The average molecular weight is 701 g/mol. The maximum Gasteiger partial charge on any atom is 0.0630 e. The normalized spacial score (nSPS) is 19.4. The third-order valence-corrected chi connectivity index (χ3v) is 13.7. The van der Waals surface area contributed by atoms with Gasteiger partial charge < -0.3 is 9.80 Å². The first kappa shape index (κ1) is 31.1. The van der Waals surface area contributed by atoms with Gasteiger partial charge >= 0.3 is 0 Å². The molecule has 11 rings (SSSR count). The van der Waals surface area contributed by atoms with E-state index in [0.717, 1.165) is 6.42 Å². The van der Waals surface area contributed by atoms with Crippen LogP contribution in [0.15, 0.2) is 173 Å². The Hall–Kier alpha value is -5.51. The molecule has 2 nitrogen and oxygen atoms in total. The van der Waals surface area contributed by atoms with Gasteiger partial charge in [-0.3, -0.25) is 0 Å². The van der Waals surface area contributed by atoms with Crippen LogP contribution < -0.4 is 9.80 Å². The van der Waals surface area contributed by atoms with Crippen LogP contribution in [-0.2, 0) is 10.8 Å². The first-order valence-electron chi connectivity index (χ1n) is 18.9. The Morgan fingerprint density at radius 2 is 1.15 bits per heavy atom. The molecule has 1 atom stereocenters. The molecule has 0 saturated heterocycles. The molecule has 0 amide bonds. The van der Waals surface area contributed by atoms with Crippen molar-refractivity contribution in [3.05, 3.63) is 191 Å². The van der Waals surface area contributed by atoms with E-state index in [1.165, 1.54) is 93.9 Å². The summed E-state index contributed by atoms with van der Waals surface area (Å²) in [6, 6.07) is 52.3. The summed E-state index contributed by atoms with van der Waals surface area (Å²) in [6.07, 6.45) is 5.95. The summed E-state index contributed by atoms with van der Waals surface area (Å²) < 4.78 is 0. The first-order valence-corrected chi connectivity index (χ1v) is 19.7. The highest BCUT2D eigenvalue weighted by atomic mass is 32.2. The largest absolute Gasteiger partial charge is 0.333 e. The maximum absolute atomic E-state index is 2.69. The lowest BCUT2D eigenvalue weighted by Gasteiger charge is -2.35. The standard InChI is InChI=1S/C50H40N2S/c1-49(2)39-15-7-5-13-35(39)36-27-26-34(30-41(36)49)52-42-28-23-32(29-38(42)47-48(52)37-14-6-8-16-40(37)50(47,3)4)31-21-24-33(25-22-31)51-43-17-9-11-19-45(43)53-46-20-12-10-18-44(46)51/h5-27,29-30,42H,28H2,1-4H3. The number of hydrogen-bond donors (Lipinski definition) is 0. The number of anilines is 4. The van der Waals surface area contributed by atoms with Crippen molar-refractivity contribution in [2.75, 3.05) is 9.80 Å². The minimum Gasteiger partial charge on any atom is -0.333 e. The highest BCUT2D eigenvalue weighted by Gasteiger charge is 2.50. The number of rotatable bonds is 3. The molecule has 0 fully saturated rings. The molecule has 6 aromatic rings. The Morgan fingerprint density at radius 1 is 0.566 bits per heavy atom. The molecule has 1 unspecified atom stereocenters. The average Bonchev–Trinajstić information content (AvgIpc) is 3.74. The molecule has 2 aliphatic heterocycles. The highest BCUT2D eigenvalue weighted by Crippen LogP contribution is 2.60. The van der Waals surface area contributed by atoms with Gasteiger partial charge in [-0.2, -0.15) is 0 Å². The Labute approximate surface area is 316 Å². The molecule has 6 aromatic carbocycles. The van der Waals surface area contributed by atoms with Gasteiger partial charge in [-0.25, -0.2) is 0 Å². The summed E-state index contributed by atoms with van der Waals surface area (Å²) in [5.74, 6) is 0. The van der Waals surface area contributed by atoms with Crippen molar-refractivity contribution in [2.24, 2.45) is 0 Å². The second-order valence-corrected chi connectivity index (χ2v) is 17.2. The molecule has 53 heavy (non-hydrogen) atoms. The van der Waals surface area contributed by atoms with Crippen molar-refractivity contribution < 1.29 is 0 Å². The lowest BCUT2D eigenvalue weighted by atomic mass is 9.75. The molecule has 2 heterocycles. The van der Waals surface area contributed by atoms with Gasteiger partial charge in [0.15, 0.2) is 0 Å². The Bertz CT molecular complexity index is 2590. The fraction of sp³-hybridized carbons (Fsp3) is 0.160. The number of benzene rings is 6. The van der Waals surface area contributed by atoms with Crippen LogP contribution in [0.3, 0.4) is 0 Å². The monoisotopic (exact) mass is 700 g/mol. The SMILES string of the molecule is CC1(C)C2=C(c3ccccc31)N(c1ccc3c(c1)C(C)(C)c1ccccc1-3)C1CC=C(c3ccc(N4c5ccccc5Sc5ccccc54)cc3)C=C21. The van der Waals surface area contributed by atoms with Gasteiger partial charge in [0.25, 0.3) is 0 Å². The topological polar surface area (TPSA) is 6.48 Å². The third-order valence-electron chi connectivity index (χ3n) is 12.5. The quantitative estimate of drug-likeness (QED) is 0.181. The Morgan fingerprint density at radius 3 is 1.87 bits per heavy atom. The molecule has 0 aromatic heterocycles. The number of nitrogens with zero attached hydrogens (tertiary/aromatic N) is 2. The fourth-order valence-corrected chi connectivity index (χ4v) is 11.1. The van der Waals surface area contributed by atoms with Crippen LogP contribution in [0.1, 0.15) is 61.9 Å². The van der Waals surface area contributed by atoms with Crippen LogP contribution in [0.2, 0.25) is 0 Å². The zero-order chi connectivity index (χ0) is 35.6. The molecule has 256 valence electrons. The number of hydrogen-bond acceptors (Lipinski definition) is 3.